The molecule has 0 aliphatic carbocycles. The van der Waals surface area contributed by atoms with Crippen molar-refractivity contribution in [2.24, 2.45) is 5.11 Å². The summed E-state index contributed by atoms with van der Waals surface area (Å²) < 4.78 is 9.66. The van der Waals surface area contributed by atoms with Crippen molar-refractivity contribution in [2.75, 3.05) is 20.3 Å². The molecule has 13 heavy (non-hydrogen) atoms. The van der Waals surface area contributed by atoms with Gasteiger partial charge in [0.2, 0.25) is 0 Å². The van der Waals surface area contributed by atoms with Crippen LogP contribution in [0.1, 0.15) is 20.8 Å². The lowest BCUT2D eigenvalue weighted by Crippen LogP contribution is -2.30. The molecule has 0 radical (unpaired) electrons. The highest BCUT2D eigenvalue weighted by atomic mass is 16.5. The van der Waals surface area contributed by atoms with E-state index in [2.05, 4.69) is 10.0 Å². The highest BCUT2D eigenvalue weighted by molar-refractivity contribution is 4.72. The van der Waals surface area contributed by atoms with E-state index in [-0.39, 0.29) is 11.6 Å². The third kappa shape index (κ3) is 7.59. The van der Waals surface area contributed by atoms with Gasteiger partial charge in [0.15, 0.2) is 0 Å². The molecule has 0 bridgehead atoms. The summed E-state index contributed by atoms with van der Waals surface area (Å²) in [7, 11) is 1.71. The lowest BCUT2D eigenvalue weighted by atomic mass is 10.2. The van der Waals surface area contributed by atoms with Crippen LogP contribution in [0.5, 0.6) is 0 Å². The first-order valence-electron chi connectivity index (χ1n) is 4.16. The molecule has 0 saturated carbocycles. The number of rotatable bonds is 1. The molecular formula is C8H17N3O2. The first kappa shape index (κ1) is 12.2. The molecule has 1 fully saturated rings. The minimum atomic E-state index is 0.0417. The van der Waals surface area contributed by atoms with Gasteiger partial charge in [-0.2, -0.15) is 0 Å². The van der Waals surface area contributed by atoms with Gasteiger partial charge in [0.05, 0.1) is 24.9 Å². The van der Waals surface area contributed by atoms with Crippen molar-refractivity contribution in [3.05, 3.63) is 10.4 Å². The van der Waals surface area contributed by atoms with E-state index in [0.29, 0.717) is 13.2 Å². The minimum Gasteiger partial charge on any atom is -0.380 e. The number of methoxy groups -OCH3 is 1. The molecule has 1 saturated heterocycles. The zero-order valence-corrected chi connectivity index (χ0v) is 8.65. The van der Waals surface area contributed by atoms with E-state index in [9.17, 15) is 0 Å². The fraction of sp³-hybridized carbons (Fsp3) is 1.00. The van der Waals surface area contributed by atoms with Crippen LogP contribution < -0.4 is 0 Å². The molecule has 5 nitrogen and oxygen atoms in total. The van der Waals surface area contributed by atoms with Crippen molar-refractivity contribution in [3.63, 3.8) is 0 Å². The van der Waals surface area contributed by atoms with E-state index >= 15 is 0 Å². The lowest BCUT2D eigenvalue weighted by molar-refractivity contribution is 0.0124. The van der Waals surface area contributed by atoms with E-state index in [1.54, 1.807) is 7.11 Å². The summed E-state index contributed by atoms with van der Waals surface area (Å²) in [5.41, 5.74) is 7.85. The van der Waals surface area contributed by atoms with Crippen LogP contribution in [0.4, 0.5) is 0 Å². The van der Waals surface area contributed by atoms with Crippen LogP contribution in [0.15, 0.2) is 5.11 Å². The van der Waals surface area contributed by atoms with E-state index in [1.165, 1.54) is 0 Å². The van der Waals surface area contributed by atoms with E-state index in [0.717, 1.165) is 0 Å². The average Bonchev–Trinajstić information content (AvgIpc) is 1.97. The van der Waals surface area contributed by atoms with Gasteiger partial charge in [-0.25, -0.2) is 0 Å². The maximum Gasteiger partial charge on any atom is 0.0841 e. The molecule has 5 heteroatoms. The van der Waals surface area contributed by atoms with Gasteiger partial charge in [-0.05, 0) is 26.3 Å². The molecule has 0 aromatic rings. The second kappa shape index (κ2) is 5.80. The van der Waals surface area contributed by atoms with Crippen molar-refractivity contribution < 1.29 is 9.47 Å². The minimum absolute atomic E-state index is 0.0417. The Morgan fingerprint density at radius 3 is 2.00 bits per heavy atom. The normalized spacial score (nSPS) is 16.3. The van der Waals surface area contributed by atoms with Gasteiger partial charge in [0, 0.05) is 12.0 Å². The summed E-state index contributed by atoms with van der Waals surface area (Å²) in [6, 6.07) is 0.116. The first-order chi connectivity index (χ1) is 5.99. The topological polar surface area (TPSA) is 67.2 Å². The van der Waals surface area contributed by atoms with Gasteiger partial charge in [0.25, 0.3) is 0 Å². The van der Waals surface area contributed by atoms with Gasteiger partial charge < -0.3 is 9.47 Å². The van der Waals surface area contributed by atoms with E-state index in [4.69, 9.17) is 15.0 Å². The molecule has 0 atom stereocenters. The SMILES string of the molecule is COC(C)(C)C.[N-]=[N+]=NC1COC1. The van der Waals surface area contributed by atoms with Crippen molar-refractivity contribution in [3.8, 4) is 0 Å². The molecule has 0 spiro atoms. The van der Waals surface area contributed by atoms with Crippen LogP contribution in [0.25, 0.3) is 10.4 Å². The van der Waals surface area contributed by atoms with E-state index < -0.39 is 0 Å². The monoisotopic (exact) mass is 187 g/mol. The summed E-state index contributed by atoms with van der Waals surface area (Å²) in [4.78, 5) is 2.60. The quantitative estimate of drug-likeness (QED) is 0.358. The molecule has 0 unspecified atom stereocenters. The third-order valence-electron chi connectivity index (χ3n) is 1.45. The largest absolute Gasteiger partial charge is 0.380 e. The van der Waals surface area contributed by atoms with Crippen molar-refractivity contribution in [1.29, 1.82) is 0 Å². The van der Waals surface area contributed by atoms with Crippen LogP contribution in [0.3, 0.4) is 0 Å². The smallest absolute Gasteiger partial charge is 0.0841 e. The van der Waals surface area contributed by atoms with Crippen molar-refractivity contribution >= 4 is 0 Å². The Bertz CT molecular complexity index is 178. The first-order valence-corrected chi connectivity index (χ1v) is 4.16. The lowest BCUT2D eigenvalue weighted by Gasteiger charge is -2.19. The zero-order valence-electron chi connectivity index (χ0n) is 8.65. The predicted octanol–water partition coefficient (Wildman–Crippen LogP) is 2.13. The summed E-state index contributed by atoms with van der Waals surface area (Å²) in [5, 5.41) is 3.39. The predicted molar refractivity (Wildman–Crippen MR) is 50.5 cm³/mol. The van der Waals surface area contributed by atoms with Gasteiger partial charge in [-0.3, -0.25) is 0 Å². The van der Waals surface area contributed by atoms with Gasteiger partial charge in [-0.1, -0.05) is 5.11 Å². The average molecular weight is 187 g/mol. The van der Waals surface area contributed by atoms with Crippen LogP contribution in [0, 0.1) is 0 Å². The van der Waals surface area contributed by atoms with Crippen LogP contribution in [0.2, 0.25) is 0 Å². The fourth-order valence-corrected chi connectivity index (χ4v) is 0.363. The highest BCUT2D eigenvalue weighted by Crippen LogP contribution is 2.03. The third-order valence-corrected chi connectivity index (χ3v) is 1.45. The van der Waals surface area contributed by atoms with Gasteiger partial charge in [-0.15, -0.1) is 0 Å². The summed E-state index contributed by atoms with van der Waals surface area (Å²) >= 11 is 0. The zero-order chi connectivity index (χ0) is 10.3. The van der Waals surface area contributed by atoms with Crippen LogP contribution >= 0.6 is 0 Å². The molecule has 1 aliphatic rings. The summed E-state index contributed by atoms with van der Waals surface area (Å²) in [6.07, 6.45) is 0. The fourth-order valence-electron chi connectivity index (χ4n) is 0.363. The standard InChI is InChI=1S/C5H12O.C3H5N3O/c1-5(2,3)6-4;4-6-5-3-1-7-2-3/h1-4H3;3H,1-2H2. The molecule has 1 heterocycles. The Morgan fingerprint density at radius 2 is 1.92 bits per heavy atom. The Labute approximate surface area is 78.7 Å². The molecule has 0 N–H and O–H groups in total. The molecule has 1 aliphatic heterocycles. The van der Waals surface area contributed by atoms with Gasteiger partial charge in [0.1, 0.15) is 0 Å². The van der Waals surface area contributed by atoms with Crippen molar-refractivity contribution in [2.45, 2.75) is 32.4 Å². The summed E-state index contributed by atoms with van der Waals surface area (Å²) in [5.74, 6) is 0. The number of hydrogen-bond acceptors (Lipinski definition) is 3. The van der Waals surface area contributed by atoms with E-state index in [1.807, 2.05) is 20.8 Å². The molecule has 0 aromatic heterocycles. The second-order valence-electron chi connectivity index (χ2n) is 3.71. The number of nitrogens with zero attached hydrogens (tertiary/aromatic N) is 3. The number of ether oxygens (including phenoxy) is 2. The maximum atomic E-state index is 7.80. The number of hydrogen-bond donors (Lipinski definition) is 0. The Kier molecular flexibility index (Phi) is 5.46. The Hall–Kier alpha value is -0.770. The maximum absolute atomic E-state index is 7.80. The second-order valence-corrected chi connectivity index (χ2v) is 3.71. The van der Waals surface area contributed by atoms with Crippen LogP contribution in [-0.4, -0.2) is 32.0 Å². The number of azide groups is 1. The Balaban J connectivity index is 0.000000226. The molecule has 0 amide bonds. The molecule has 0 aromatic carbocycles. The molecule has 76 valence electrons. The highest BCUT2D eigenvalue weighted by Gasteiger charge is 2.14. The van der Waals surface area contributed by atoms with Gasteiger partial charge >= 0.3 is 0 Å². The Morgan fingerprint density at radius 1 is 1.46 bits per heavy atom. The molecular weight excluding hydrogens is 170 g/mol. The molecule has 1 rings (SSSR count). The van der Waals surface area contributed by atoms with Crippen molar-refractivity contribution in [1.82, 2.24) is 0 Å². The summed E-state index contributed by atoms with van der Waals surface area (Å²) in [6.45, 7) is 7.26. The van der Waals surface area contributed by atoms with Crippen LogP contribution in [-0.2, 0) is 9.47 Å².